The van der Waals surface area contributed by atoms with Gasteiger partial charge in [0.05, 0.1) is 17.7 Å². The highest BCUT2D eigenvalue weighted by Crippen LogP contribution is 2.49. The summed E-state index contributed by atoms with van der Waals surface area (Å²) in [5, 5.41) is 9.68. The molecule has 1 atom stereocenters. The highest BCUT2D eigenvalue weighted by molar-refractivity contribution is 7.90. The zero-order chi connectivity index (χ0) is 22.7. The Morgan fingerprint density at radius 3 is 2.72 bits per heavy atom. The van der Waals surface area contributed by atoms with Crippen molar-refractivity contribution in [2.45, 2.75) is 38.2 Å². The Morgan fingerprint density at radius 1 is 1.31 bits per heavy atom. The number of rotatable bonds is 5. The second kappa shape index (κ2) is 7.28. The topological polar surface area (TPSA) is 117 Å². The minimum atomic E-state index is -3.87. The quantitative estimate of drug-likeness (QED) is 0.724. The first-order chi connectivity index (χ1) is 15.2. The number of nitrogens with one attached hydrogen (secondary N) is 1. The van der Waals surface area contributed by atoms with E-state index in [-0.39, 0.29) is 34.4 Å². The summed E-state index contributed by atoms with van der Waals surface area (Å²) in [6.45, 7) is 0.911. The highest BCUT2D eigenvalue weighted by atomic mass is 32.2. The van der Waals surface area contributed by atoms with Crippen LogP contribution in [-0.2, 0) is 30.1 Å². The first-order valence-corrected chi connectivity index (χ1v) is 11.9. The third-order valence-electron chi connectivity index (χ3n) is 6.69. The Hall–Kier alpha value is -2.97. The highest BCUT2D eigenvalue weighted by Gasteiger charge is 2.51. The van der Waals surface area contributed by atoms with E-state index >= 15 is 0 Å². The Balaban J connectivity index is 1.37. The van der Waals surface area contributed by atoms with Crippen LogP contribution in [0.5, 0.6) is 5.75 Å². The zero-order valence-electron chi connectivity index (χ0n) is 17.5. The maximum atomic E-state index is 14.6. The van der Waals surface area contributed by atoms with E-state index in [2.05, 4.69) is 9.71 Å². The predicted molar refractivity (Wildman–Crippen MR) is 113 cm³/mol. The van der Waals surface area contributed by atoms with Crippen LogP contribution in [0.2, 0.25) is 0 Å². The van der Waals surface area contributed by atoms with Crippen LogP contribution in [0.4, 0.5) is 10.1 Å². The van der Waals surface area contributed by atoms with Crippen LogP contribution in [0.25, 0.3) is 0 Å². The van der Waals surface area contributed by atoms with Gasteiger partial charge in [-0.2, -0.15) is 18.0 Å². The normalized spacial score (nSPS) is 21.3. The molecule has 1 aromatic heterocycles. The van der Waals surface area contributed by atoms with E-state index in [4.69, 9.17) is 4.74 Å². The summed E-state index contributed by atoms with van der Waals surface area (Å²) in [6.07, 6.45) is 4.52. The van der Waals surface area contributed by atoms with Gasteiger partial charge in [-0.3, -0.25) is 9.52 Å². The molecule has 5 rings (SSSR count). The molecule has 168 valence electrons. The maximum absolute atomic E-state index is 14.6. The van der Waals surface area contributed by atoms with Gasteiger partial charge in [0.15, 0.2) is 11.6 Å². The Labute approximate surface area is 184 Å². The van der Waals surface area contributed by atoms with Crippen LogP contribution >= 0.6 is 0 Å². The van der Waals surface area contributed by atoms with Crippen molar-refractivity contribution in [2.75, 3.05) is 17.8 Å². The van der Waals surface area contributed by atoms with Gasteiger partial charge in [0.25, 0.3) is 5.56 Å². The third kappa shape index (κ3) is 3.34. The van der Waals surface area contributed by atoms with Gasteiger partial charge in [0, 0.05) is 38.5 Å². The van der Waals surface area contributed by atoms with Gasteiger partial charge in [-0.05, 0) is 30.4 Å². The van der Waals surface area contributed by atoms with E-state index < -0.39 is 22.1 Å². The molecule has 1 aromatic carbocycles. The molecule has 1 N–H and O–H groups in total. The summed E-state index contributed by atoms with van der Waals surface area (Å²) >= 11 is 0. The Kier molecular flexibility index (Phi) is 4.76. The van der Waals surface area contributed by atoms with Crippen LogP contribution < -0.4 is 15.0 Å². The first-order valence-electron chi connectivity index (χ1n) is 10.4. The fourth-order valence-corrected chi connectivity index (χ4v) is 6.17. The Morgan fingerprint density at radius 2 is 2.06 bits per heavy atom. The van der Waals surface area contributed by atoms with Crippen LogP contribution in [-0.4, -0.2) is 41.5 Å². The van der Waals surface area contributed by atoms with Crippen molar-refractivity contribution in [2.24, 2.45) is 12.5 Å². The van der Waals surface area contributed by atoms with Crippen LogP contribution in [0, 0.1) is 22.6 Å². The van der Waals surface area contributed by atoms with Crippen molar-refractivity contribution in [1.29, 1.82) is 5.26 Å². The lowest BCUT2D eigenvalue weighted by Gasteiger charge is -2.54. The minimum absolute atomic E-state index is 0.0389. The van der Waals surface area contributed by atoms with Crippen LogP contribution in [0.3, 0.4) is 0 Å². The van der Waals surface area contributed by atoms with Crippen molar-refractivity contribution < 1.29 is 17.5 Å². The molecule has 1 saturated heterocycles. The summed E-state index contributed by atoms with van der Waals surface area (Å²) in [5.74, 6) is -1.11. The summed E-state index contributed by atoms with van der Waals surface area (Å²) in [4.78, 5) is 16.5. The van der Waals surface area contributed by atoms with Gasteiger partial charge in [-0.1, -0.05) is 6.42 Å². The zero-order valence-corrected chi connectivity index (χ0v) is 18.3. The number of ether oxygens (including phenoxy) is 1. The van der Waals surface area contributed by atoms with E-state index in [0.717, 1.165) is 25.3 Å². The summed E-state index contributed by atoms with van der Waals surface area (Å²) in [5.41, 5.74) is 0.719. The predicted octanol–water partition coefficient (Wildman–Crippen LogP) is 1.48. The number of anilines is 1. The summed E-state index contributed by atoms with van der Waals surface area (Å²) in [7, 11) is -2.27. The molecule has 2 heterocycles. The molecule has 1 aliphatic heterocycles. The maximum Gasteiger partial charge on any atom is 0.301 e. The number of nitrogens with zero attached hydrogens (tertiary/aromatic N) is 4. The smallest absolute Gasteiger partial charge is 0.301 e. The second-order valence-electron chi connectivity index (χ2n) is 8.87. The van der Waals surface area contributed by atoms with Gasteiger partial charge in [0.1, 0.15) is 17.7 Å². The number of aryl methyl sites for hydroxylation is 1. The van der Waals surface area contributed by atoms with Gasteiger partial charge in [-0.15, -0.1) is 0 Å². The fraction of sp³-hybridized carbons (Fsp3) is 0.476. The second-order valence-corrected chi connectivity index (χ2v) is 10.5. The van der Waals surface area contributed by atoms with E-state index in [9.17, 15) is 22.9 Å². The largest absolute Gasteiger partial charge is 0.485 e. The Bertz CT molecular complexity index is 1300. The van der Waals surface area contributed by atoms with Crippen LogP contribution in [0.15, 0.2) is 23.3 Å². The average Bonchev–Trinajstić information content (AvgIpc) is 3.08. The molecule has 2 aromatic rings. The molecule has 1 saturated carbocycles. The molecule has 9 nitrogen and oxygen atoms in total. The number of benzene rings is 1. The third-order valence-corrected chi connectivity index (χ3v) is 8.10. The molecule has 2 fully saturated rings. The van der Waals surface area contributed by atoms with Gasteiger partial charge in [-0.25, -0.2) is 9.37 Å². The van der Waals surface area contributed by atoms with Crippen molar-refractivity contribution in [3.8, 4) is 11.8 Å². The molecule has 0 amide bonds. The molecule has 1 unspecified atom stereocenters. The lowest BCUT2D eigenvalue weighted by Crippen LogP contribution is -2.62. The van der Waals surface area contributed by atoms with Crippen molar-refractivity contribution in [1.82, 2.24) is 13.9 Å². The minimum Gasteiger partial charge on any atom is -0.485 e. The van der Waals surface area contributed by atoms with Gasteiger partial charge >= 0.3 is 10.2 Å². The number of aromatic nitrogens is 2. The molecule has 0 bridgehead atoms. The molecular weight excluding hydrogens is 437 g/mol. The number of fused-ring (bicyclic) bond motifs is 1. The van der Waals surface area contributed by atoms with Crippen LogP contribution in [0.1, 0.15) is 36.1 Å². The fourth-order valence-electron chi connectivity index (χ4n) is 4.71. The molecule has 2 aliphatic carbocycles. The monoisotopic (exact) mass is 459 g/mol. The van der Waals surface area contributed by atoms with Gasteiger partial charge < -0.3 is 9.30 Å². The van der Waals surface area contributed by atoms with Crippen molar-refractivity contribution >= 4 is 15.9 Å². The van der Waals surface area contributed by atoms with E-state index in [1.807, 2.05) is 6.07 Å². The number of halogens is 1. The summed E-state index contributed by atoms with van der Waals surface area (Å²) in [6, 6.07) is 4.15. The summed E-state index contributed by atoms with van der Waals surface area (Å²) < 4.78 is 51.1. The van der Waals surface area contributed by atoms with Gasteiger partial charge in [0.2, 0.25) is 0 Å². The SMILES string of the molecule is Cn1cnc2c(c1=O)CC(Oc1c(F)ccc(NS(=O)(=O)N3CC4(CCC4)C3)c1C#N)C2. The number of nitriles is 1. The lowest BCUT2D eigenvalue weighted by atomic mass is 9.65. The molecular formula is C21H22FN5O4S. The standard InChI is InChI=1S/C21H22FN5O4S/c1-26-12-24-18-8-13(7-14(18)20(26)28)31-19-15(9-23)17(4-3-16(19)22)25-32(29,30)27-10-21(11-27)5-2-6-21/h3-4,12-13,25H,2,5-8,10-11H2,1H3. The molecule has 0 radical (unpaired) electrons. The average molecular weight is 460 g/mol. The van der Waals surface area contributed by atoms with E-state index in [0.29, 0.717) is 30.8 Å². The van der Waals surface area contributed by atoms with Crippen molar-refractivity contribution in [3.63, 3.8) is 0 Å². The van der Waals surface area contributed by atoms with E-state index in [1.54, 1.807) is 7.05 Å². The molecule has 3 aliphatic rings. The van der Waals surface area contributed by atoms with Crippen molar-refractivity contribution in [3.05, 3.63) is 51.5 Å². The first kappa shape index (κ1) is 20.9. The van der Waals surface area contributed by atoms with E-state index in [1.165, 1.54) is 21.3 Å². The number of hydrogen-bond donors (Lipinski definition) is 1. The lowest BCUT2D eigenvalue weighted by molar-refractivity contribution is -0.00752. The number of hydrogen-bond acceptors (Lipinski definition) is 6. The molecule has 32 heavy (non-hydrogen) atoms. The molecule has 1 spiro atoms. The molecule has 11 heteroatoms.